The van der Waals surface area contributed by atoms with E-state index in [4.69, 9.17) is 12.2 Å². The second-order valence-electron chi connectivity index (χ2n) is 7.61. The number of aromatic amines is 1. The number of benzene rings is 1. The van der Waals surface area contributed by atoms with Gasteiger partial charge in [0.15, 0.2) is 4.77 Å². The summed E-state index contributed by atoms with van der Waals surface area (Å²) in [5.41, 5.74) is -0.282. The van der Waals surface area contributed by atoms with Crippen molar-refractivity contribution in [3.63, 3.8) is 0 Å². The quantitative estimate of drug-likeness (QED) is 0.261. The second kappa shape index (κ2) is 12.2. The van der Waals surface area contributed by atoms with Crippen LogP contribution in [0.5, 0.6) is 0 Å². The molecule has 0 radical (unpaired) electrons. The van der Waals surface area contributed by atoms with Crippen LogP contribution in [0.2, 0.25) is 0 Å². The molecule has 2 aromatic rings. The van der Waals surface area contributed by atoms with Crippen molar-refractivity contribution in [1.82, 2.24) is 14.8 Å². The van der Waals surface area contributed by atoms with Crippen molar-refractivity contribution >= 4 is 12.2 Å². The van der Waals surface area contributed by atoms with Gasteiger partial charge in [-0.15, -0.1) is 0 Å². The van der Waals surface area contributed by atoms with Crippen molar-refractivity contribution in [2.75, 3.05) is 0 Å². The smallest absolute Gasteiger partial charge is 0.272 e. The molecule has 0 spiro atoms. The van der Waals surface area contributed by atoms with E-state index in [9.17, 15) is 13.2 Å². The number of aryl methyl sites for hydroxylation is 1. The van der Waals surface area contributed by atoms with E-state index in [-0.39, 0.29) is 0 Å². The predicted molar refractivity (Wildman–Crippen MR) is 114 cm³/mol. The fourth-order valence-electron chi connectivity index (χ4n) is 3.53. The normalized spacial score (nSPS) is 11.9. The molecule has 2 rings (SSSR count). The molecular weight excluding hydrogens is 395 g/mol. The summed E-state index contributed by atoms with van der Waals surface area (Å²) in [6.45, 7) is 2.24. The summed E-state index contributed by atoms with van der Waals surface area (Å²) in [6, 6.07) is 5.22. The van der Waals surface area contributed by atoms with Crippen LogP contribution in [0, 0.1) is 4.77 Å². The van der Waals surface area contributed by atoms with Gasteiger partial charge in [0.25, 0.3) is 0 Å². The fraction of sp³-hybridized carbons (Fsp3) is 0.636. The maximum Gasteiger partial charge on any atom is 0.416 e. The highest BCUT2D eigenvalue weighted by atomic mass is 32.1. The van der Waals surface area contributed by atoms with Gasteiger partial charge in [0, 0.05) is 6.42 Å². The number of hydrogen-bond acceptors (Lipinski definition) is 2. The number of unbranched alkanes of at least 4 members (excludes halogenated alkanes) is 10. The van der Waals surface area contributed by atoms with Crippen molar-refractivity contribution < 1.29 is 13.2 Å². The summed E-state index contributed by atoms with van der Waals surface area (Å²) in [4.78, 5) is 0. The largest absolute Gasteiger partial charge is 0.416 e. The van der Waals surface area contributed by atoms with Crippen molar-refractivity contribution in [2.45, 2.75) is 90.1 Å². The van der Waals surface area contributed by atoms with Crippen LogP contribution < -0.4 is 0 Å². The lowest BCUT2D eigenvalue weighted by atomic mass is 10.1. The van der Waals surface area contributed by atoms with E-state index in [1.165, 1.54) is 63.9 Å². The molecule has 0 saturated heterocycles. The molecule has 162 valence electrons. The predicted octanol–water partition coefficient (Wildman–Crippen LogP) is 7.80. The molecule has 0 bridgehead atoms. The average molecular weight is 428 g/mol. The highest BCUT2D eigenvalue weighted by Gasteiger charge is 2.30. The SMILES string of the molecule is CCCCCCCCCCCCCc1n[nH]c(=S)n1-c1cccc(C(F)(F)F)c1. The second-order valence-corrected chi connectivity index (χ2v) is 8.00. The molecule has 7 heteroatoms. The first-order chi connectivity index (χ1) is 13.9. The number of H-pyrrole nitrogens is 1. The summed E-state index contributed by atoms with van der Waals surface area (Å²) in [7, 11) is 0. The summed E-state index contributed by atoms with van der Waals surface area (Å²) >= 11 is 5.24. The number of rotatable bonds is 13. The molecule has 0 aliphatic rings. The lowest BCUT2D eigenvalue weighted by molar-refractivity contribution is -0.137. The Bertz CT molecular complexity index is 780. The van der Waals surface area contributed by atoms with E-state index in [1.54, 1.807) is 10.6 Å². The topological polar surface area (TPSA) is 33.6 Å². The highest BCUT2D eigenvalue weighted by molar-refractivity contribution is 7.71. The molecule has 0 atom stereocenters. The van der Waals surface area contributed by atoms with Gasteiger partial charge in [0.2, 0.25) is 0 Å². The van der Waals surface area contributed by atoms with Crippen LogP contribution in [0.4, 0.5) is 13.2 Å². The summed E-state index contributed by atoms with van der Waals surface area (Å²) < 4.78 is 40.9. The highest BCUT2D eigenvalue weighted by Crippen LogP contribution is 2.30. The minimum absolute atomic E-state index is 0.322. The van der Waals surface area contributed by atoms with Crippen LogP contribution in [-0.4, -0.2) is 14.8 Å². The van der Waals surface area contributed by atoms with Gasteiger partial charge >= 0.3 is 6.18 Å². The minimum atomic E-state index is -4.38. The van der Waals surface area contributed by atoms with Gasteiger partial charge < -0.3 is 0 Å². The van der Waals surface area contributed by atoms with Gasteiger partial charge in [-0.3, -0.25) is 9.67 Å². The van der Waals surface area contributed by atoms with E-state index < -0.39 is 11.7 Å². The lowest BCUT2D eigenvalue weighted by Crippen LogP contribution is -2.07. The van der Waals surface area contributed by atoms with E-state index in [0.29, 0.717) is 22.7 Å². The zero-order valence-electron chi connectivity index (χ0n) is 17.2. The van der Waals surface area contributed by atoms with Crippen LogP contribution in [0.25, 0.3) is 5.69 Å². The fourth-order valence-corrected chi connectivity index (χ4v) is 3.79. The Hall–Kier alpha value is -1.63. The minimum Gasteiger partial charge on any atom is -0.272 e. The molecule has 0 saturated carbocycles. The van der Waals surface area contributed by atoms with Crippen LogP contribution in [0.15, 0.2) is 24.3 Å². The van der Waals surface area contributed by atoms with Crippen LogP contribution in [-0.2, 0) is 12.6 Å². The zero-order valence-corrected chi connectivity index (χ0v) is 18.0. The maximum atomic E-state index is 13.0. The third-order valence-electron chi connectivity index (χ3n) is 5.18. The van der Waals surface area contributed by atoms with Crippen molar-refractivity contribution in [2.24, 2.45) is 0 Å². The average Bonchev–Trinajstić information content (AvgIpc) is 3.06. The van der Waals surface area contributed by atoms with Gasteiger partial charge in [0.1, 0.15) is 5.82 Å². The van der Waals surface area contributed by atoms with E-state index >= 15 is 0 Å². The van der Waals surface area contributed by atoms with Crippen LogP contribution in [0.3, 0.4) is 0 Å². The number of alkyl halides is 3. The van der Waals surface area contributed by atoms with Crippen molar-refractivity contribution in [3.8, 4) is 5.69 Å². The molecule has 0 aliphatic carbocycles. The van der Waals surface area contributed by atoms with Crippen molar-refractivity contribution in [3.05, 3.63) is 40.4 Å². The van der Waals surface area contributed by atoms with Gasteiger partial charge in [0.05, 0.1) is 11.3 Å². The van der Waals surface area contributed by atoms with E-state index in [0.717, 1.165) is 25.0 Å². The van der Waals surface area contributed by atoms with Gasteiger partial charge in [-0.1, -0.05) is 77.2 Å². The first kappa shape index (κ1) is 23.6. The van der Waals surface area contributed by atoms with E-state index in [1.807, 2.05) is 0 Å². The molecule has 3 nitrogen and oxygen atoms in total. The Balaban J connectivity index is 1.77. The van der Waals surface area contributed by atoms with Crippen LogP contribution >= 0.6 is 12.2 Å². The number of hydrogen-bond donors (Lipinski definition) is 1. The molecule has 0 aliphatic heterocycles. The van der Waals surface area contributed by atoms with Crippen LogP contribution in [0.1, 0.15) is 88.9 Å². The summed E-state index contributed by atoms with van der Waals surface area (Å²) in [5, 5.41) is 6.95. The van der Waals surface area contributed by atoms with Gasteiger partial charge in [-0.05, 0) is 36.8 Å². The standard InChI is InChI=1S/C22H32F3N3S/c1-2-3-4-5-6-7-8-9-10-11-12-16-20-26-27-21(29)28(20)19-15-13-14-18(17-19)22(23,24)25/h13-15,17H,2-12,16H2,1H3,(H,27,29). The maximum absolute atomic E-state index is 13.0. The van der Waals surface area contributed by atoms with Crippen molar-refractivity contribution in [1.29, 1.82) is 0 Å². The molecule has 1 aromatic carbocycles. The molecule has 0 amide bonds. The number of nitrogens with zero attached hydrogens (tertiary/aromatic N) is 2. The molecule has 1 heterocycles. The molecule has 1 N–H and O–H groups in total. The monoisotopic (exact) mass is 427 g/mol. The molecule has 0 fully saturated rings. The summed E-state index contributed by atoms with van der Waals surface area (Å²) in [5.74, 6) is 0.685. The Morgan fingerprint density at radius 1 is 0.931 bits per heavy atom. The van der Waals surface area contributed by atoms with Gasteiger partial charge in [-0.25, -0.2) is 0 Å². The first-order valence-electron chi connectivity index (χ1n) is 10.8. The van der Waals surface area contributed by atoms with E-state index in [2.05, 4.69) is 17.1 Å². The summed E-state index contributed by atoms with van der Waals surface area (Å²) in [6.07, 6.45) is 10.1. The Morgan fingerprint density at radius 3 is 2.10 bits per heavy atom. The molecule has 29 heavy (non-hydrogen) atoms. The third-order valence-corrected chi connectivity index (χ3v) is 5.45. The number of aromatic nitrogens is 3. The first-order valence-corrected chi connectivity index (χ1v) is 11.2. The Morgan fingerprint density at radius 2 is 1.52 bits per heavy atom. The molecule has 1 aromatic heterocycles. The molecule has 0 unspecified atom stereocenters. The van der Waals surface area contributed by atoms with Gasteiger partial charge in [-0.2, -0.15) is 18.3 Å². The Kier molecular flexibility index (Phi) is 9.91. The lowest BCUT2D eigenvalue weighted by Gasteiger charge is -2.11. The number of nitrogens with one attached hydrogen (secondary N) is 1. The number of halogens is 3. The Labute approximate surface area is 176 Å². The molecular formula is C22H32F3N3S. The zero-order chi connectivity index (χ0) is 21.1. The third kappa shape index (κ3) is 7.96.